The Bertz CT molecular complexity index is 433. The van der Waals surface area contributed by atoms with Crippen molar-refractivity contribution in [1.82, 2.24) is 4.90 Å². The third-order valence-corrected chi connectivity index (χ3v) is 3.27. The Balaban J connectivity index is 1.93. The van der Waals surface area contributed by atoms with E-state index in [2.05, 4.69) is 0 Å². The van der Waals surface area contributed by atoms with E-state index in [0.717, 1.165) is 12.0 Å². The first-order valence-electron chi connectivity index (χ1n) is 6.14. The highest BCUT2D eigenvalue weighted by molar-refractivity contribution is 5.81. The molecule has 0 bridgehead atoms. The Labute approximate surface area is 106 Å². The van der Waals surface area contributed by atoms with Gasteiger partial charge in [0.25, 0.3) is 11.9 Å². The van der Waals surface area contributed by atoms with E-state index < -0.39 is 11.0 Å². The van der Waals surface area contributed by atoms with Crippen molar-refractivity contribution in [3.05, 3.63) is 46.0 Å². The van der Waals surface area contributed by atoms with E-state index in [9.17, 15) is 14.9 Å². The molecule has 1 aliphatic heterocycles. The molecule has 1 saturated heterocycles. The van der Waals surface area contributed by atoms with Crippen LogP contribution in [0.2, 0.25) is 0 Å². The number of nitrogens with zero attached hydrogens (tertiary/aromatic N) is 2. The van der Waals surface area contributed by atoms with E-state index >= 15 is 0 Å². The van der Waals surface area contributed by atoms with Gasteiger partial charge >= 0.3 is 0 Å². The van der Waals surface area contributed by atoms with Gasteiger partial charge in [0.2, 0.25) is 0 Å². The Morgan fingerprint density at radius 2 is 2.06 bits per heavy atom. The first-order chi connectivity index (χ1) is 8.68. The van der Waals surface area contributed by atoms with E-state index in [4.69, 9.17) is 0 Å². The second kappa shape index (κ2) is 5.62. The standard InChI is InChI=1S/C13H16N2O3/c16-13-12(15(17)18)7-4-9-14(13)10-8-11-5-2-1-3-6-11/h1-3,5-6,12H,4,7-10H2/t12-/m1/s1. The summed E-state index contributed by atoms with van der Waals surface area (Å²) in [7, 11) is 0. The summed E-state index contributed by atoms with van der Waals surface area (Å²) in [4.78, 5) is 23.8. The SMILES string of the molecule is O=C1[C@H]([N+](=O)[O-])CCCN1CCc1ccccc1. The van der Waals surface area contributed by atoms with Gasteiger partial charge in [-0.15, -0.1) is 0 Å². The molecule has 0 unspecified atom stereocenters. The minimum atomic E-state index is -1.03. The molecule has 5 heteroatoms. The highest BCUT2D eigenvalue weighted by Gasteiger charge is 2.36. The summed E-state index contributed by atoms with van der Waals surface area (Å²) in [5.41, 5.74) is 1.15. The summed E-state index contributed by atoms with van der Waals surface area (Å²) in [5, 5.41) is 10.7. The average Bonchev–Trinajstić information content (AvgIpc) is 2.38. The Kier molecular flexibility index (Phi) is 3.92. The second-order valence-corrected chi connectivity index (χ2v) is 4.50. The van der Waals surface area contributed by atoms with Crippen molar-refractivity contribution in [2.45, 2.75) is 25.3 Å². The van der Waals surface area contributed by atoms with Crippen LogP contribution in [-0.4, -0.2) is 34.9 Å². The molecule has 0 aliphatic carbocycles. The number of nitro groups is 1. The lowest BCUT2D eigenvalue weighted by Gasteiger charge is -2.28. The molecular weight excluding hydrogens is 232 g/mol. The molecule has 0 aromatic heterocycles. The number of piperidine rings is 1. The van der Waals surface area contributed by atoms with E-state index in [1.54, 1.807) is 4.90 Å². The molecule has 1 heterocycles. The van der Waals surface area contributed by atoms with Crippen LogP contribution in [0.15, 0.2) is 30.3 Å². The maximum Gasteiger partial charge on any atom is 0.297 e. The van der Waals surface area contributed by atoms with Crippen LogP contribution in [0.3, 0.4) is 0 Å². The van der Waals surface area contributed by atoms with Crippen LogP contribution in [0.25, 0.3) is 0 Å². The molecule has 1 atom stereocenters. The van der Waals surface area contributed by atoms with Gasteiger partial charge in [-0.1, -0.05) is 30.3 Å². The molecular formula is C13H16N2O3. The zero-order valence-corrected chi connectivity index (χ0v) is 10.1. The van der Waals surface area contributed by atoms with Gasteiger partial charge in [-0.25, -0.2) is 0 Å². The van der Waals surface area contributed by atoms with Gasteiger partial charge in [0.05, 0.1) is 0 Å². The summed E-state index contributed by atoms with van der Waals surface area (Å²) in [5.74, 6) is -0.331. The molecule has 0 spiro atoms. The number of benzene rings is 1. The van der Waals surface area contributed by atoms with Gasteiger partial charge in [-0.2, -0.15) is 0 Å². The smallest absolute Gasteiger partial charge is 0.297 e. The fourth-order valence-corrected chi connectivity index (χ4v) is 2.25. The Morgan fingerprint density at radius 3 is 2.72 bits per heavy atom. The van der Waals surface area contributed by atoms with Gasteiger partial charge in [0, 0.05) is 24.4 Å². The number of hydrogen-bond acceptors (Lipinski definition) is 3. The van der Waals surface area contributed by atoms with Crippen LogP contribution >= 0.6 is 0 Å². The normalized spacial score (nSPS) is 19.9. The number of rotatable bonds is 4. The molecule has 1 aliphatic rings. The first kappa shape index (κ1) is 12.5. The molecule has 1 amide bonds. The minimum absolute atomic E-state index is 0.331. The van der Waals surface area contributed by atoms with Crippen molar-refractivity contribution in [3.8, 4) is 0 Å². The summed E-state index contributed by atoms with van der Waals surface area (Å²) >= 11 is 0. The summed E-state index contributed by atoms with van der Waals surface area (Å²) in [6.07, 6.45) is 1.83. The lowest BCUT2D eigenvalue weighted by Crippen LogP contribution is -2.48. The molecule has 5 nitrogen and oxygen atoms in total. The molecule has 18 heavy (non-hydrogen) atoms. The number of amides is 1. The van der Waals surface area contributed by atoms with Crippen LogP contribution in [0, 0.1) is 10.1 Å². The lowest BCUT2D eigenvalue weighted by molar-refractivity contribution is -0.511. The molecule has 0 N–H and O–H groups in total. The van der Waals surface area contributed by atoms with Gasteiger partial charge in [-0.05, 0) is 18.4 Å². The quantitative estimate of drug-likeness (QED) is 0.599. The first-order valence-corrected chi connectivity index (χ1v) is 6.14. The Hall–Kier alpha value is -1.91. The predicted octanol–water partition coefficient (Wildman–Crippen LogP) is 1.50. The summed E-state index contributed by atoms with van der Waals surface area (Å²) in [6, 6.07) is 8.81. The maximum absolute atomic E-state index is 11.9. The van der Waals surface area contributed by atoms with Crippen LogP contribution in [0.5, 0.6) is 0 Å². The molecule has 2 rings (SSSR count). The molecule has 1 fully saturated rings. The van der Waals surface area contributed by atoms with E-state index in [1.807, 2.05) is 30.3 Å². The highest BCUT2D eigenvalue weighted by atomic mass is 16.6. The zero-order chi connectivity index (χ0) is 13.0. The van der Waals surface area contributed by atoms with Crippen molar-refractivity contribution in [2.75, 3.05) is 13.1 Å². The predicted molar refractivity (Wildman–Crippen MR) is 66.7 cm³/mol. The van der Waals surface area contributed by atoms with Crippen molar-refractivity contribution in [2.24, 2.45) is 0 Å². The largest absolute Gasteiger partial charge is 0.336 e. The minimum Gasteiger partial charge on any atom is -0.336 e. The van der Waals surface area contributed by atoms with Crippen LogP contribution in [0.1, 0.15) is 18.4 Å². The second-order valence-electron chi connectivity index (χ2n) is 4.50. The monoisotopic (exact) mass is 248 g/mol. The van der Waals surface area contributed by atoms with E-state index in [1.165, 1.54) is 0 Å². The number of likely N-dealkylation sites (tertiary alicyclic amines) is 1. The van der Waals surface area contributed by atoms with Crippen molar-refractivity contribution in [1.29, 1.82) is 0 Å². The summed E-state index contributed by atoms with van der Waals surface area (Å²) < 4.78 is 0. The number of hydrogen-bond donors (Lipinski definition) is 0. The maximum atomic E-state index is 11.9. The molecule has 0 radical (unpaired) electrons. The van der Waals surface area contributed by atoms with Crippen molar-refractivity contribution in [3.63, 3.8) is 0 Å². The molecule has 1 aromatic rings. The van der Waals surface area contributed by atoms with E-state index in [-0.39, 0.29) is 5.91 Å². The molecule has 0 saturated carbocycles. The van der Waals surface area contributed by atoms with Crippen molar-refractivity contribution >= 4 is 5.91 Å². The average molecular weight is 248 g/mol. The van der Waals surface area contributed by atoms with Gasteiger partial charge < -0.3 is 4.90 Å². The molecule has 96 valence electrons. The van der Waals surface area contributed by atoms with Crippen molar-refractivity contribution < 1.29 is 9.72 Å². The third kappa shape index (κ3) is 2.85. The highest BCUT2D eigenvalue weighted by Crippen LogP contribution is 2.14. The fraction of sp³-hybridized carbons (Fsp3) is 0.462. The lowest BCUT2D eigenvalue weighted by atomic mass is 10.0. The van der Waals surface area contributed by atoms with Crippen LogP contribution in [-0.2, 0) is 11.2 Å². The summed E-state index contributed by atoms with van der Waals surface area (Å²) in [6.45, 7) is 1.20. The fourth-order valence-electron chi connectivity index (χ4n) is 2.25. The molecule has 1 aromatic carbocycles. The zero-order valence-electron chi connectivity index (χ0n) is 10.1. The number of carbonyl (C=O) groups is 1. The third-order valence-electron chi connectivity index (χ3n) is 3.27. The topological polar surface area (TPSA) is 63.4 Å². The van der Waals surface area contributed by atoms with Crippen LogP contribution in [0.4, 0.5) is 0 Å². The number of carbonyl (C=O) groups excluding carboxylic acids is 1. The Morgan fingerprint density at radius 1 is 1.33 bits per heavy atom. The van der Waals surface area contributed by atoms with Gasteiger partial charge in [0.15, 0.2) is 0 Å². The van der Waals surface area contributed by atoms with E-state index in [0.29, 0.717) is 25.9 Å². The van der Waals surface area contributed by atoms with Gasteiger partial charge in [0.1, 0.15) is 0 Å². The van der Waals surface area contributed by atoms with Gasteiger partial charge in [-0.3, -0.25) is 14.9 Å². The van der Waals surface area contributed by atoms with Crippen LogP contribution < -0.4 is 0 Å².